The first-order chi connectivity index (χ1) is 10.5. The molecule has 2 aromatic carbocycles. The third-order valence-electron chi connectivity index (χ3n) is 2.93. The monoisotopic (exact) mass is 302 g/mol. The predicted octanol–water partition coefficient (Wildman–Crippen LogP) is 2.77. The molecule has 114 valence electrons. The summed E-state index contributed by atoms with van der Waals surface area (Å²) in [6.45, 7) is 0.281. The second-order valence-corrected chi connectivity index (χ2v) is 4.70. The van der Waals surface area contributed by atoms with E-state index in [2.05, 4.69) is 10.6 Å². The Morgan fingerprint density at radius 2 is 1.55 bits per heavy atom. The fourth-order valence-electron chi connectivity index (χ4n) is 1.84. The highest BCUT2D eigenvalue weighted by Crippen LogP contribution is 2.10. The number of anilines is 1. The highest BCUT2D eigenvalue weighted by atomic mass is 19.1. The molecule has 0 atom stereocenters. The second kappa shape index (κ2) is 7.21. The Morgan fingerprint density at radius 3 is 2.14 bits per heavy atom. The zero-order chi connectivity index (χ0) is 15.9. The molecular weight excluding hydrogens is 287 g/mol. The summed E-state index contributed by atoms with van der Waals surface area (Å²) in [6, 6.07) is 12.0. The molecule has 2 aromatic rings. The summed E-state index contributed by atoms with van der Waals surface area (Å²) in [4.78, 5) is 22.3. The van der Waals surface area contributed by atoms with Crippen molar-refractivity contribution in [3.8, 4) is 0 Å². The van der Waals surface area contributed by atoms with Crippen LogP contribution in [0, 0.1) is 5.82 Å². The Morgan fingerprint density at radius 1 is 0.955 bits per heavy atom. The van der Waals surface area contributed by atoms with Crippen LogP contribution < -0.4 is 10.6 Å². The molecule has 0 aromatic heterocycles. The minimum atomic E-state index is -0.905. The largest absolute Gasteiger partial charge is 0.481 e. The van der Waals surface area contributed by atoms with Crippen LogP contribution in [0.2, 0.25) is 0 Å². The van der Waals surface area contributed by atoms with Crippen LogP contribution in [0.5, 0.6) is 0 Å². The average molecular weight is 302 g/mol. The summed E-state index contributed by atoms with van der Waals surface area (Å²) >= 11 is 0. The highest BCUT2D eigenvalue weighted by molar-refractivity contribution is 5.89. The number of halogens is 1. The molecule has 0 fully saturated rings. The number of carbonyl (C=O) groups is 2. The van der Waals surface area contributed by atoms with Crippen molar-refractivity contribution in [2.75, 3.05) is 5.32 Å². The Hall–Kier alpha value is -2.89. The number of hydrogen-bond donors (Lipinski definition) is 3. The van der Waals surface area contributed by atoms with Gasteiger partial charge in [0, 0.05) is 12.2 Å². The summed E-state index contributed by atoms with van der Waals surface area (Å²) in [5.74, 6) is -1.23. The van der Waals surface area contributed by atoms with Crippen molar-refractivity contribution in [1.29, 1.82) is 0 Å². The molecule has 0 aliphatic carbocycles. The van der Waals surface area contributed by atoms with Crippen molar-refractivity contribution < 1.29 is 19.1 Å². The van der Waals surface area contributed by atoms with Crippen LogP contribution in [0.25, 0.3) is 0 Å². The van der Waals surface area contributed by atoms with Crippen LogP contribution >= 0.6 is 0 Å². The molecule has 0 aliphatic heterocycles. The molecule has 2 rings (SSSR count). The Balaban J connectivity index is 1.83. The molecule has 0 unspecified atom stereocenters. The molecule has 0 bridgehead atoms. The molecule has 22 heavy (non-hydrogen) atoms. The van der Waals surface area contributed by atoms with Crippen LogP contribution in [0.4, 0.5) is 14.9 Å². The summed E-state index contributed by atoms with van der Waals surface area (Å²) in [6.07, 6.45) is -0.0585. The molecule has 0 radical (unpaired) electrons. The van der Waals surface area contributed by atoms with Crippen LogP contribution in [0.1, 0.15) is 11.1 Å². The molecule has 6 heteroatoms. The number of rotatable bonds is 5. The third-order valence-corrected chi connectivity index (χ3v) is 2.93. The van der Waals surface area contributed by atoms with E-state index in [9.17, 15) is 14.0 Å². The maximum absolute atomic E-state index is 12.7. The lowest BCUT2D eigenvalue weighted by molar-refractivity contribution is -0.136. The van der Waals surface area contributed by atoms with E-state index in [4.69, 9.17) is 5.11 Å². The van der Waals surface area contributed by atoms with Crippen LogP contribution in [-0.2, 0) is 17.8 Å². The number of benzene rings is 2. The predicted molar refractivity (Wildman–Crippen MR) is 80.0 cm³/mol. The van der Waals surface area contributed by atoms with E-state index in [1.807, 2.05) is 0 Å². The molecule has 5 nitrogen and oxygen atoms in total. The molecule has 0 aliphatic rings. The topological polar surface area (TPSA) is 78.4 Å². The van der Waals surface area contributed by atoms with E-state index in [0.717, 1.165) is 5.56 Å². The minimum Gasteiger partial charge on any atom is -0.481 e. The number of carbonyl (C=O) groups excluding carboxylic acids is 1. The van der Waals surface area contributed by atoms with Gasteiger partial charge < -0.3 is 15.7 Å². The molecular formula is C16H15FN2O3. The van der Waals surface area contributed by atoms with Gasteiger partial charge in [-0.2, -0.15) is 0 Å². The first kappa shape index (κ1) is 15.5. The Bertz CT molecular complexity index is 654. The van der Waals surface area contributed by atoms with Gasteiger partial charge in [0.2, 0.25) is 0 Å². The van der Waals surface area contributed by atoms with E-state index >= 15 is 0 Å². The van der Waals surface area contributed by atoms with E-state index in [1.54, 1.807) is 36.4 Å². The van der Waals surface area contributed by atoms with Crippen molar-refractivity contribution in [1.82, 2.24) is 5.32 Å². The zero-order valence-corrected chi connectivity index (χ0v) is 11.7. The average Bonchev–Trinajstić information content (AvgIpc) is 2.48. The van der Waals surface area contributed by atoms with E-state index in [0.29, 0.717) is 11.3 Å². The SMILES string of the molecule is O=C(O)Cc1ccc(NC(=O)NCc2ccc(F)cc2)cc1. The molecule has 0 spiro atoms. The van der Waals surface area contributed by atoms with Gasteiger partial charge in [-0.15, -0.1) is 0 Å². The van der Waals surface area contributed by atoms with Gasteiger partial charge in [0.05, 0.1) is 6.42 Å². The minimum absolute atomic E-state index is 0.0585. The van der Waals surface area contributed by atoms with Gasteiger partial charge >= 0.3 is 12.0 Å². The lowest BCUT2D eigenvalue weighted by Crippen LogP contribution is -2.28. The van der Waals surface area contributed by atoms with Gasteiger partial charge in [-0.25, -0.2) is 9.18 Å². The maximum Gasteiger partial charge on any atom is 0.319 e. The summed E-state index contributed by atoms with van der Waals surface area (Å²) in [5, 5.41) is 14.0. The smallest absolute Gasteiger partial charge is 0.319 e. The highest BCUT2D eigenvalue weighted by Gasteiger charge is 2.04. The fourth-order valence-corrected chi connectivity index (χ4v) is 1.84. The van der Waals surface area contributed by atoms with Gasteiger partial charge in [0.25, 0.3) is 0 Å². The first-order valence-corrected chi connectivity index (χ1v) is 6.63. The number of carboxylic acid groups (broad SMARTS) is 1. The standard InChI is InChI=1S/C16H15FN2O3/c17-13-5-1-12(2-6-13)10-18-16(22)19-14-7-3-11(4-8-14)9-15(20)21/h1-8H,9-10H2,(H,20,21)(H2,18,19,22). The Kier molecular flexibility index (Phi) is 5.08. The molecule has 2 amide bonds. The van der Waals surface area contributed by atoms with Gasteiger partial charge in [-0.05, 0) is 35.4 Å². The number of aliphatic carboxylic acids is 1. The molecule has 3 N–H and O–H groups in total. The number of amides is 2. The molecule has 0 saturated carbocycles. The number of nitrogens with one attached hydrogen (secondary N) is 2. The fraction of sp³-hybridized carbons (Fsp3) is 0.125. The van der Waals surface area contributed by atoms with Gasteiger partial charge in [0.1, 0.15) is 5.82 Å². The Labute approximate surface area is 126 Å². The van der Waals surface area contributed by atoms with E-state index in [-0.39, 0.29) is 18.8 Å². The van der Waals surface area contributed by atoms with Gasteiger partial charge in [-0.3, -0.25) is 4.79 Å². The molecule has 0 saturated heterocycles. The lowest BCUT2D eigenvalue weighted by Gasteiger charge is -2.08. The third kappa shape index (κ3) is 4.90. The van der Waals surface area contributed by atoms with E-state index < -0.39 is 12.0 Å². The summed E-state index contributed by atoms with van der Waals surface area (Å²) in [5.41, 5.74) is 2.00. The maximum atomic E-state index is 12.7. The summed E-state index contributed by atoms with van der Waals surface area (Å²) in [7, 11) is 0. The van der Waals surface area contributed by atoms with Crippen molar-refractivity contribution in [3.63, 3.8) is 0 Å². The van der Waals surface area contributed by atoms with Crippen molar-refractivity contribution >= 4 is 17.7 Å². The van der Waals surface area contributed by atoms with Crippen molar-refractivity contribution in [2.45, 2.75) is 13.0 Å². The zero-order valence-electron chi connectivity index (χ0n) is 11.7. The molecule has 0 heterocycles. The quantitative estimate of drug-likeness (QED) is 0.794. The van der Waals surface area contributed by atoms with E-state index in [1.165, 1.54) is 12.1 Å². The van der Waals surface area contributed by atoms with Crippen molar-refractivity contribution in [2.24, 2.45) is 0 Å². The van der Waals surface area contributed by atoms with Crippen LogP contribution in [0.3, 0.4) is 0 Å². The van der Waals surface area contributed by atoms with Crippen molar-refractivity contribution in [3.05, 3.63) is 65.5 Å². The second-order valence-electron chi connectivity index (χ2n) is 4.70. The number of carboxylic acids is 1. The normalized spacial score (nSPS) is 10.0. The van der Waals surface area contributed by atoms with Gasteiger partial charge in [-0.1, -0.05) is 24.3 Å². The summed E-state index contributed by atoms with van der Waals surface area (Å²) < 4.78 is 12.7. The van der Waals surface area contributed by atoms with Crippen LogP contribution in [-0.4, -0.2) is 17.1 Å². The lowest BCUT2D eigenvalue weighted by atomic mass is 10.1. The number of hydrogen-bond acceptors (Lipinski definition) is 2. The van der Waals surface area contributed by atoms with Gasteiger partial charge in [0.15, 0.2) is 0 Å². The van der Waals surface area contributed by atoms with Crippen LogP contribution in [0.15, 0.2) is 48.5 Å². The number of urea groups is 1. The first-order valence-electron chi connectivity index (χ1n) is 6.63.